The van der Waals surface area contributed by atoms with Crippen molar-refractivity contribution in [3.8, 4) is 11.4 Å². The van der Waals surface area contributed by atoms with Crippen LogP contribution < -0.4 is 5.73 Å². The van der Waals surface area contributed by atoms with E-state index in [4.69, 9.17) is 5.73 Å². The van der Waals surface area contributed by atoms with Gasteiger partial charge in [-0.1, -0.05) is 6.92 Å². The van der Waals surface area contributed by atoms with E-state index in [-0.39, 0.29) is 0 Å². The summed E-state index contributed by atoms with van der Waals surface area (Å²) in [5.41, 5.74) is 7.48. The van der Waals surface area contributed by atoms with Crippen LogP contribution in [0.25, 0.3) is 11.4 Å². The van der Waals surface area contributed by atoms with Gasteiger partial charge in [-0.25, -0.2) is 9.97 Å². The summed E-state index contributed by atoms with van der Waals surface area (Å²) < 4.78 is 0. The molecule has 2 heterocycles. The number of hydrogen-bond donors (Lipinski definition) is 2. The van der Waals surface area contributed by atoms with Gasteiger partial charge >= 0.3 is 0 Å². The highest BCUT2D eigenvalue weighted by Gasteiger charge is 2.09. The number of aromatic amines is 1. The van der Waals surface area contributed by atoms with Gasteiger partial charge in [0, 0.05) is 18.3 Å². The molecule has 0 aliphatic carbocycles. The largest absolute Gasteiger partial charge is 0.360 e. The van der Waals surface area contributed by atoms with E-state index in [1.807, 2.05) is 24.4 Å². The molecule has 1 atom stereocenters. The topological polar surface area (TPSA) is 67.6 Å². The standard InChI is InChI=1S/C12H16N4/c1-9(4-6-13)12-15-8-5-11(16-12)10-3-2-7-14-10/h2-3,5,7-9,14H,4,6,13H2,1H3. The van der Waals surface area contributed by atoms with Gasteiger partial charge in [0.25, 0.3) is 0 Å². The molecule has 0 aliphatic heterocycles. The third kappa shape index (κ3) is 2.28. The Kier molecular flexibility index (Phi) is 3.31. The van der Waals surface area contributed by atoms with E-state index >= 15 is 0 Å². The highest BCUT2D eigenvalue weighted by atomic mass is 14.9. The van der Waals surface area contributed by atoms with Gasteiger partial charge in [-0.05, 0) is 31.2 Å². The summed E-state index contributed by atoms with van der Waals surface area (Å²) in [5.74, 6) is 1.16. The van der Waals surface area contributed by atoms with Crippen LogP contribution in [0.4, 0.5) is 0 Å². The quantitative estimate of drug-likeness (QED) is 0.820. The Morgan fingerprint density at radius 2 is 2.31 bits per heavy atom. The lowest BCUT2D eigenvalue weighted by molar-refractivity contribution is 0.647. The van der Waals surface area contributed by atoms with Crippen molar-refractivity contribution in [1.29, 1.82) is 0 Å². The molecule has 1 unspecified atom stereocenters. The van der Waals surface area contributed by atoms with Crippen LogP contribution in [0.1, 0.15) is 25.1 Å². The summed E-state index contributed by atoms with van der Waals surface area (Å²) >= 11 is 0. The zero-order valence-corrected chi connectivity index (χ0v) is 9.35. The summed E-state index contributed by atoms with van der Waals surface area (Å²) in [5, 5.41) is 0. The maximum absolute atomic E-state index is 5.54. The van der Waals surface area contributed by atoms with Gasteiger partial charge in [0.2, 0.25) is 0 Å². The van der Waals surface area contributed by atoms with Crippen LogP contribution in [-0.2, 0) is 0 Å². The average molecular weight is 216 g/mol. The summed E-state index contributed by atoms with van der Waals surface area (Å²) in [6, 6.07) is 5.87. The molecular weight excluding hydrogens is 200 g/mol. The first-order valence-electron chi connectivity index (χ1n) is 5.48. The third-order valence-corrected chi connectivity index (χ3v) is 2.59. The van der Waals surface area contributed by atoms with E-state index in [1.165, 1.54) is 0 Å². The number of hydrogen-bond acceptors (Lipinski definition) is 3. The van der Waals surface area contributed by atoms with Gasteiger partial charge in [0.05, 0.1) is 11.4 Å². The fourth-order valence-electron chi connectivity index (χ4n) is 1.63. The Morgan fingerprint density at radius 3 is 3.00 bits per heavy atom. The summed E-state index contributed by atoms with van der Waals surface area (Å²) in [6.07, 6.45) is 4.60. The van der Waals surface area contributed by atoms with Crippen molar-refractivity contribution in [3.63, 3.8) is 0 Å². The van der Waals surface area contributed by atoms with Crippen molar-refractivity contribution in [2.45, 2.75) is 19.3 Å². The molecule has 84 valence electrons. The number of aromatic nitrogens is 3. The Balaban J connectivity index is 2.26. The monoisotopic (exact) mass is 216 g/mol. The first-order chi connectivity index (χ1) is 7.81. The van der Waals surface area contributed by atoms with Crippen molar-refractivity contribution in [2.24, 2.45) is 5.73 Å². The predicted octanol–water partition coefficient (Wildman–Crippen LogP) is 1.92. The van der Waals surface area contributed by atoms with Gasteiger partial charge < -0.3 is 10.7 Å². The molecule has 4 heteroatoms. The number of nitrogens with two attached hydrogens (primary N) is 1. The molecule has 2 aromatic heterocycles. The fourth-order valence-corrected chi connectivity index (χ4v) is 1.63. The number of rotatable bonds is 4. The highest BCUT2D eigenvalue weighted by Crippen LogP contribution is 2.18. The molecule has 0 spiro atoms. The molecule has 16 heavy (non-hydrogen) atoms. The Labute approximate surface area is 94.9 Å². The zero-order valence-electron chi connectivity index (χ0n) is 9.35. The second-order valence-electron chi connectivity index (χ2n) is 3.86. The van der Waals surface area contributed by atoms with Crippen LogP contribution in [0, 0.1) is 0 Å². The minimum absolute atomic E-state index is 0.305. The summed E-state index contributed by atoms with van der Waals surface area (Å²) in [4.78, 5) is 12.0. The maximum Gasteiger partial charge on any atom is 0.131 e. The molecule has 4 nitrogen and oxygen atoms in total. The minimum Gasteiger partial charge on any atom is -0.360 e. The van der Waals surface area contributed by atoms with Crippen LogP contribution in [-0.4, -0.2) is 21.5 Å². The van der Waals surface area contributed by atoms with Gasteiger partial charge in [-0.2, -0.15) is 0 Å². The van der Waals surface area contributed by atoms with E-state index in [0.29, 0.717) is 12.5 Å². The fraction of sp³-hybridized carbons (Fsp3) is 0.333. The van der Waals surface area contributed by atoms with Crippen molar-refractivity contribution in [1.82, 2.24) is 15.0 Å². The molecule has 0 amide bonds. The van der Waals surface area contributed by atoms with E-state index in [0.717, 1.165) is 23.6 Å². The molecule has 3 N–H and O–H groups in total. The van der Waals surface area contributed by atoms with Gasteiger partial charge in [0.1, 0.15) is 5.82 Å². The Bertz CT molecular complexity index is 436. The third-order valence-electron chi connectivity index (χ3n) is 2.59. The van der Waals surface area contributed by atoms with Gasteiger partial charge in [-0.3, -0.25) is 0 Å². The SMILES string of the molecule is CC(CCN)c1nccc(-c2ccc[nH]2)n1. The van der Waals surface area contributed by atoms with Crippen LogP contribution >= 0.6 is 0 Å². The second kappa shape index (κ2) is 4.90. The van der Waals surface area contributed by atoms with Crippen LogP contribution in [0.3, 0.4) is 0 Å². The lowest BCUT2D eigenvalue weighted by Crippen LogP contribution is -2.08. The highest BCUT2D eigenvalue weighted by molar-refractivity contribution is 5.53. The molecule has 0 saturated carbocycles. The minimum atomic E-state index is 0.305. The molecular formula is C12H16N4. The molecule has 0 radical (unpaired) electrons. The van der Waals surface area contributed by atoms with E-state index in [1.54, 1.807) is 6.20 Å². The Morgan fingerprint density at radius 1 is 1.44 bits per heavy atom. The molecule has 2 aromatic rings. The lowest BCUT2D eigenvalue weighted by atomic mass is 10.1. The zero-order chi connectivity index (χ0) is 11.4. The predicted molar refractivity (Wildman–Crippen MR) is 63.9 cm³/mol. The summed E-state index contributed by atoms with van der Waals surface area (Å²) in [6.45, 7) is 2.76. The number of nitrogens with one attached hydrogen (secondary N) is 1. The molecule has 0 saturated heterocycles. The van der Waals surface area contributed by atoms with Gasteiger partial charge in [0.15, 0.2) is 0 Å². The first-order valence-corrected chi connectivity index (χ1v) is 5.48. The van der Waals surface area contributed by atoms with E-state index < -0.39 is 0 Å². The average Bonchev–Trinajstić information content (AvgIpc) is 2.83. The van der Waals surface area contributed by atoms with Crippen LogP contribution in [0.15, 0.2) is 30.6 Å². The van der Waals surface area contributed by atoms with Crippen LogP contribution in [0.2, 0.25) is 0 Å². The van der Waals surface area contributed by atoms with Gasteiger partial charge in [-0.15, -0.1) is 0 Å². The number of nitrogens with zero attached hydrogens (tertiary/aromatic N) is 2. The van der Waals surface area contributed by atoms with Crippen molar-refractivity contribution < 1.29 is 0 Å². The molecule has 0 fully saturated rings. The normalized spacial score (nSPS) is 12.6. The molecule has 0 bridgehead atoms. The molecule has 0 aromatic carbocycles. The smallest absolute Gasteiger partial charge is 0.131 e. The van der Waals surface area contributed by atoms with Crippen molar-refractivity contribution >= 4 is 0 Å². The number of H-pyrrole nitrogens is 1. The van der Waals surface area contributed by atoms with Crippen molar-refractivity contribution in [2.75, 3.05) is 6.54 Å². The molecule has 0 aliphatic rings. The Hall–Kier alpha value is -1.68. The lowest BCUT2D eigenvalue weighted by Gasteiger charge is -2.09. The van der Waals surface area contributed by atoms with Crippen molar-refractivity contribution in [3.05, 3.63) is 36.4 Å². The molecule has 2 rings (SSSR count). The van der Waals surface area contributed by atoms with Crippen LogP contribution in [0.5, 0.6) is 0 Å². The second-order valence-corrected chi connectivity index (χ2v) is 3.86. The van der Waals surface area contributed by atoms with E-state index in [2.05, 4.69) is 21.9 Å². The maximum atomic E-state index is 5.54. The van der Waals surface area contributed by atoms with E-state index in [9.17, 15) is 0 Å². The first kappa shape index (κ1) is 10.8. The summed E-state index contributed by atoms with van der Waals surface area (Å²) in [7, 11) is 0.